The van der Waals surface area contributed by atoms with Crippen LogP contribution in [0.4, 0.5) is 0 Å². The van der Waals surface area contributed by atoms with Crippen LogP contribution in [-0.2, 0) is 6.42 Å². The van der Waals surface area contributed by atoms with Crippen LogP contribution < -0.4 is 5.32 Å². The smallest absolute Gasteiger partial charge is 0.252 e. The molecule has 0 aliphatic carbocycles. The van der Waals surface area contributed by atoms with Crippen molar-refractivity contribution in [2.24, 2.45) is 0 Å². The van der Waals surface area contributed by atoms with Crippen LogP contribution in [0.2, 0.25) is 0 Å². The second-order valence-corrected chi connectivity index (χ2v) is 5.16. The molecule has 4 nitrogen and oxygen atoms in total. The van der Waals surface area contributed by atoms with Gasteiger partial charge in [0.05, 0.1) is 11.7 Å². The molecule has 2 aromatic rings. The number of hydrogen-bond acceptors (Lipinski definition) is 3. The maximum atomic E-state index is 12.2. The summed E-state index contributed by atoms with van der Waals surface area (Å²) in [6, 6.07) is 16.2. The van der Waals surface area contributed by atoms with Gasteiger partial charge in [-0.1, -0.05) is 48.5 Å². The molecule has 1 atom stereocenters. The van der Waals surface area contributed by atoms with Crippen molar-refractivity contribution in [1.82, 2.24) is 5.32 Å². The Morgan fingerprint density at radius 1 is 1.00 bits per heavy atom. The van der Waals surface area contributed by atoms with Crippen molar-refractivity contribution in [3.05, 3.63) is 71.3 Å². The molecule has 2 N–H and O–H groups in total. The Hall–Kier alpha value is -2.46. The first-order valence-corrected chi connectivity index (χ1v) is 7.18. The first-order chi connectivity index (χ1) is 10.6. The average molecular weight is 297 g/mol. The average Bonchev–Trinajstić information content (AvgIpc) is 2.53. The lowest BCUT2D eigenvalue weighted by molar-refractivity contribution is 0.0906. The fourth-order valence-electron chi connectivity index (χ4n) is 2.25. The van der Waals surface area contributed by atoms with E-state index < -0.39 is 6.10 Å². The van der Waals surface area contributed by atoms with Crippen LogP contribution in [0.1, 0.15) is 33.2 Å². The van der Waals surface area contributed by atoms with E-state index in [2.05, 4.69) is 5.32 Å². The first-order valence-electron chi connectivity index (χ1n) is 7.18. The van der Waals surface area contributed by atoms with Crippen molar-refractivity contribution in [2.45, 2.75) is 19.4 Å². The minimum atomic E-state index is -0.671. The number of hydrogen-bond donors (Lipinski definition) is 2. The molecular weight excluding hydrogens is 278 g/mol. The zero-order valence-corrected chi connectivity index (χ0v) is 12.5. The van der Waals surface area contributed by atoms with E-state index in [0.29, 0.717) is 17.5 Å². The molecule has 0 aliphatic heterocycles. The summed E-state index contributed by atoms with van der Waals surface area (Å²) in [6.07, 6.45) is -0.203. The first kappa shape index (κ1) is 15.9. The Kier molecular flexibility index (Phi) is 5.44. The second-order valence-electron chi connectivity index (χ2n) is 5.16. The third-order valence-corrected chi connectivity index (χ3v) is 3.36. The summed E-state index contributed by atoms with van der Waals surface area (Å²) < 4.78 is 0. The molecule has 0 aromatic heterocycles. The van der Waals surface area contributed by atoms with Crippen LogP contribution in [0.3, 0.4) is 0 Å². The minimum Gasteiger partial charge on any atom is -0.391 e. The van der Waals surface area contributed by atoms with E-state index in [1.165, 1.54) is 6.92 Å². The fraction of sp³-hybridized carbons (Fsp3) is 0.222. The molecule has 0 heterocycles. The number of carbonyl (C=O) groups excluding carboxylic acids is 2. The fourth-order valence-corrected chi connectivity index (χ4v) is 2.25. The Bertz CT molecular complexity index is 652. The predicted molar refractivity (Wildman–Crippen MR) is 84.9 cm³/mol. The van der Waals surface area contributed by atoms with Crippen molar-refractivity contribution < 1.29 is 14.7 Å². The van der Waals surface area contributed by atoms with E-state index >= 15 is 0 Å². The Balaban J connectivity index is 1.94. The number of rotatable bonds is 6. The number of benzene rings is 2. The molecule has 0 saturated carbocycles. The summed E-state index contributed by atoms with van der Waals surface area (Å²) in [5.74, 6) is -0.506. The number of amides is 1. The summed E-state index contributed by atoms with van der Waals surface area (Å²) in [5, 5.41) is 12.7. The monoisotopic (exact) mass is 297 g/mol. The van der Waals surface area contributed by atoms with Crippen LogP contribution in [0.25, 0.3) is 0 Å². The van der Waals surface area contributed by atoms with Crippen LogP contribution in [0.15, 0.2) is 54.6 Å². The van der Waals surface area contributed by atoms with Gasteiger partial charge < -0.3 is 10.4 Å². The molecule has 0 saturated heterocycles. The molecule has 2 rings (SSSR count). The number of carbonyl (C=O) groups is 2. The van der Waals surface area contributed by atoms with Crippen molar-refractivity contribution in [3.63, 3.8) is 0 Å². The van der Waals surface area contributed by atoms with E-state index in [0.717, 1.165) is 5.56 Å². The molecule has 0 spiro atoms. The number of Topliss-reactive ketones (excluding diaryl/α,β-unsaturated/α-hetero) is 1. The predicted octanol–water partition coefficient (Wildman–Crippen LogP) is 2.22. The molecule has 0 bridgehead atoms. The summed E-state index contributed by atoms with van der Waals surface area (Å²) in [5.41, 5.74) is 1.73. The maximum Gasteiger partial charge on any atom is 0.252 e. The third kappa shape index (κ3) is 4.27. The Morgan fingerprint density at radius 3 is 2.23 bits per heavy atom. The van der Waals surface area contributed by atoms with Crippen LogP contribution in [0, 0.1) is 0 Å². The molecule has 22 heavy (non-hydrogen) atoms. The molecule has 0 aliphatic rings. The van der Waals surface area contributed by atoms with Crippen LogP contribution >= 0.6 is 0 Å². The van der Waals surface area contributed by atoms with Crippen LogP contribution in [0.5, 0.6) is 0 Å². The molecule has 0 radical (unpaired) electrons. The summed E-state index contributed by atoms with van der Waals surface area (Å²) in [4.78, 5) is 23.7. The van der Waals surface area contributed by atoms with Gasteiger partial charge in [0, 0.05) is 18.5 Å². The van der Waals surface area contributed by atoms with Crippen LogP contribution in [-0.4, -0.2) is 29.4 Å². The van der Waals surface area contributed by atoms with E-state index in [1.54, 1.807) is 24.3 Å². The highest BCUT2D eigenvalue weighted by molar-refractivity contribution is 6.07. The summed E-state index contributed by atoms with van der Waals surface area (Å²) in [6.45, 7) is 1.57. The van der Waals surface area contributed by atoms with E-state index in [4.69, 9.17) is 0 Å². The van der Waals surface area contributed by atoms with Crippen molar-refractivity contribution >= 4 is 11.7 Å². The van der Waals surface area contributed by atoms with Gasteiger partial charge in [-0.05, 0) is 18.6 Å². The third-order valence-electron chi connectivity index (χ3n) is 3.36. The van der Waals surface area contributed by atoms with Crippen molar-refractivity contribution in [3.8, 4) is 0 Å². The van der Waals surface area contributed by atoms with E-state index in [1.807, 2.05) is 30.3 Å². The highest BCUT2D eigenvalue weighted by atomic mass is 16.3. The van der Waals surface area contributed by atoms with Crippen molar-refractivity contribution in [1.29, 1.82) is 0 Å². The molecule has 2 aromatic carbocycles. The normalized spacial score (nSPS) is 11.7. The number of ketones is 1. The molecule has 0 unspecified atom stereocenters. The van der Waals surface area contributed by atoms with Gasteiger partial charge in [-0.3, -0.25) is 9.59 Å². The zero-order chi connectivity index (χ0) is 15.9. The number of aliphatic hydroxyl groups is 1. The highest BCUT2D eigenvalue weighted by Gasteiger charge is 2.14. The maximum absolute atomic E-state index is 12.2. The molecule has 1 amide bonds. The van der Waals surface area contributed by atoms with Gasteiger partial charge in [0.25, 0.3) is 5.91 Å². The Labute approximate surface area is 129 Å². The standard InChI is InChI=1S/C18H19NO3/c1-13(20)16-9-5-6-10-17(16)18(22)19-12-15(21)11-14-7-3-2-4-8-14/h2-10,15,21H,11-12H2,1H3,(H,19,22)/t15-/m0/s1. The topological polar surface area (TPSA) is 66.4 Å². The minimum absolute atomic E-state index is 0.139. The van der Waals surface area contributed by atoms with E-state index in [9.17, 15) is 14.7 Å². The SMILES string of the molecule is CC(=O)c1ccccc1C(=O)NC[C@@H](O)Cc1ccccc1. The summed E-state index contributed by atoms with van der Waals surface area (Å²) in [7, 11) is 0. The van der Waals surface area contributed by atoms with Crippen molar-refractivity contribution in [2.75, 3.05) is 6.54 Å². The van der Waals surface area contributed by atoms with Gasteiger partial charge in [-0.2, -0.15) is 0 Å². The van der Waals surface area contributed by atoms with Gasteiger partial charge >= 0.3 is 0 Å². The second kappa shape index (κ2) is 7.52. The quantitative estimate of drug-likeness (QED) is 0.803. The lowest BCUT2D eigenvalue weighted by Gasteiger charge is -2.13. The number of aliphatic hydroxyl groups excluding tert-OH is 1. The molecule has 4 heteroatoms. The highest BCUT2D eigenvalue weighted by Crippen LogP contribution is 2.09. The molecular formula is C18H19NO3. The number of nitrogens with one attached hydrogen (secondary N) is 1. The Morgan fingerprint density at radius 2 is 1.59 bits per heavy atom. The van der Waals surface area contributed by atoms with Gasteiger partial charge in [0.2, 0.25) is 0 Å². The molecule has 114 valence electrons. The van der Waals surface area contributed by atoms with E-state index in [-0.39, 0.29) is 18.2 Å². The summed E-state index contributed by atoms with van der Waals surface area (Å²) >= 11 is 0. The lowest BCUT2D eigenvalue weighted by atomic mass is 10.0. The molecule has 0 fully saturated rings. The zero-order valence-electron chi connectivity index (χ0n) is 12.5. The van der Waals surface area contributed by atoms with Gasteiger partial charge in [0.1, 0.15) is 0 Å². The van der Waals surface area contributed by atoms with Gasteiger partial charge in [0.15, 0.2) is 5.78 Å². The lowest BCUT2D eigenvalue weighted by Crippen LogP contribution is -2.33. The van der Waals surface area contributed by atoms with Gasteiger partial charge in [-0.15, -0.1) is 0 Å². The van der Waals surface area contributed by atoms with Gasteiger partial charge in [-0.25, -0.2) is 0 Å². The largest absolute Gasteiger partial charge is 0.391 e.